The third kappa shape index (κ3) is 4.11. The van der Waals surface area contributed by atoms with Crippen molar-refractivity contribution in [2.75, 3.05) is 33.4 Å². The third-order valence-electron chi connectivity index (χ3n) is 3.90. The molecule has 1 aromatic rings. The van der Waals surface area contributed by atoms with E-state index in [9.17, 15) is 4.79 Å². The van der Waals surface area contributed by atoms with Gasteiger partial charge < -0.3 is 19.5 Å². The second-order valence-electron chi connectivity index (χ2n) is 5.45. The molecule has 0 bridgehead atoms. The number of likely N-dealkylation sites (tertiary alicyclic amines) is 1. The molecule has 0 unspecified atom stereocenters. The fourth-order valence-electron chi connectivity index (χ4n) is 2.49. The number of nitrogens with zero attached hydrogens (tertiary/aromatic N) is 1. The lowest BCUT2D eigenvalue weighted by molar-refractivity contribution is -0.135. The Balaban J connectivity index is 1.87. The Morgan fingerprint density at radius 3 is 2.67 bits per heavy atom. The van der Waals surface area contributed by atoms with Crippen LogP contribution in [0.15, 0.2) is 18.2 Å². The molecule has 1 heterocycles. The van der Waals surface area contributed by atoms with Crippen molar-refractivity contribution in [2.45, 2.75) is 19.8 Å². The normalized spacial score (nSPS) is 15.9. The van der Waals surface area contributed by atoms with Crippen molar-refractivity contribution in [2.24, 2.45) is 5.92 Å². The highest BCUT2D eigenvalue weighted by atomic mass is 16.5. The highest BCUT2D eigenvalue weighted by Gasteiger charge is 2.22. The lowest BCUT2D eigenvalue weighted by Gasteiger charge is -2.31. The molecule has 0 aliphatic carbocycles. The molecule has 5 nitrogen and oxygen atoms in total. The lowest BCUT2D eigenvalue weighted by Crippen LogP contribution is -2.41. The van der Waals surface area contributed by atoms with Crippen LogP contribution in [0, 0.1) is 12.8 Å². The number of ether oxygens (including phenoxy) is 2. The molecule has 0 atom stereocenters. The molecule has 21 heavy (non-hydrogen) atoms. The topological polar surface area (TPSA) is 59.0 Å². The molecule has 0 saturated carbocycles. The van der Waals surface area contributed by atoms with Gasteiger partial charge >= 0.3 is 0 Å². The zero-order valence-corrected chi connectivity index (χ0v) is 12.7. The van der Waals surface area contributed by atoms with E-state index >= 15 is 0 Å². The van der Waals surface area contributed by atoms with Crippen LogP contribution in [0.1, 0.15) is 18.4 Å². The number of hydrogen-bond donors (Lipinski definition) is 1. The number of carbonyl (C=O) groups is 1. The van der Waals surface area contributed by atoms with Crippen LogP contribution >= 0.6 is 0 Å². The Labute approximate surface area is 125 Å². The van der Waals surface area contributed by atoms with Gasteiger partial charge in [0.05, 0.1) is 7.11 Å². The minimum Gasteiger partial charge on any atom is -0.493 e. The van der Waals surface area contributed by atoms with Crippen LogP contribution in [0.2, 0.25) is 0 Å². The van der Waals surface area contributed by atoms with Crippen molar-refractivity contribution < 1.29 is 19.4 Å². The summed E-state index contributed by atoms with van der Waals surface area (Å²) in [5, 5.41) is 9.11. The molecule has 1 fully saturated rings. The summed E-state index contributed by atoms with van der Waals surface area (Å²) in [7, 11) is 1.59. The summed E-state index contributed by atoms with van der Waals surface area (Å²) in [4.78, 5) is 13.9. The van der Waals surface area contributed by atoms with Gasteiger partial charge in [-0.1, -0.05) is 6.07 Å². The predicted molar refractivity (Wildman–Crippen MR) is 79.6 cm³/mol. The molecule has 1 aromatic carbocycles. The molecule has 1 aliphatic rings. The molecule has 0 radical (unpaired) electrons. The van der Waals surface area contributed by atoms with E-state index in [1.807, 2.05) is 25.1 Å². The van der Waals surface area contributed by atoms with E-state index in [2.05, 4.69) is 0 Å². The Morgan fingerprint density at radius 1 is 1.33 bits per heavy atom. The van der Waals surface area contributed by atoms with Crippen LogP contribution in [-0.2, 0) is 4.79 Å². The second kappa shape index (κ2) is 7.31. The molecular weight excluding hydrogens is 270 g/mol. The van der Waals surface area contributed by atoms with E-state index in [0.29, 0.717) is 30.5 Å². The molecule has 0 spiro atoms. The quantitative estimate of drug-likeness (QED) is 0.896. The van der Waals surface area contributed by atoms with Gasteiger partial charge in [-0.3, -0.25) is 4.79 Å². The first-order chi connectivity index (χ1) is 10.1. The molecule has 1 amide bonds. The predicted octanol–water partition coefficient (Wildman–Crippen LogP) is 1.61. The maximum atomic E-state index is 12.1. The van der Waals surface area contributed by atoms with Gasteiger partial charge in [0.1, 0.15) is 0 Å². The van der Waals surface area contributed by atoms with E-state index in [1.165, 1.54) is 0 Å². The van der Waals surface area contributed by atoms with Crippen molar-refractivity contribution in [1.29, 1.82) is 0 Å². The number of rotatable bonds is 5. The average Bonchev–Trinajstić information content (AvgIpc) is 2.53. The van der Waals surface area contributed by atoms with Crippen molar-refractivity contribution in [3.63, 3.8) is 0 Å². The van der Waals surface area contributed by atoms with E-state index < -0.39 is 0 Å². The van der Waals surface area contributed by atoms with Gasteiger partial charge in [0.15, 0.2) is 18.1 Å². The van der Waals surface area contributed by atoms with Gasteiger partial charge in [-0.25, -0.2) is 0 Å². The van der Waals surface area contributed by atoms with E-state index in [1.54, 1.807) is 12.0 Å². The monoisotopic (exact) mass is 293 g/mol. The van der Waals surface area contributed by atoms with Crippen LogP contribution in [-0.4, -0.2) is 49.3 Å². The number of benzene rings is 1. The standard InChI is InChI=1S/C16H23NO4/c1-12-3-4-14(15(9-12)20-2)21-11-16(19)17-7-5-13(10-18)6-8-17/h3-4,9,13,18H,5-8,10-11H2,1-2H3. The van der Waals surface area contributed by atoms with Crippen molar-refractivity contribution >= 4 is 5.91 Å². The number of amides is 1. The maximum Gasteiger partial charge on any atom is 0.260 e. The number of carbonyl (C=O) groups excluding carboxylic acids is 1. The number of aryl methyl sites for hydroxylation is 1. The Hall–Kier alpha value is -1.75. The summed E-state index contributed by atoms with van der Waals surface area (Å²) < 4.78 is 10.8. The molecule has 2 rings (SSSR count). The van der Waals surface area contributed by atoms with Gasteiger partial charge in [0, 0.05) is 19.7 Å². The number of hydrogen-bond acceptors (Lipinski definition) is 4. The zero-order chi connectivity index (χ0) is 15.2. The maximum absolute atomic E-state index is 12.1. The van der Waals surface area contributed by atoms with Gasteiger partial charge in [-0.2, -0.15) is 0 Å². The largest absolute Gasteiger partial charge is 0.493 e. The summed E-state index contributed by atoms with van der Waals surface area (Å²) in [6.45, 7) is 3.59. The lowest BCUT2D eigenvalue weighted by atomic mass is 9.98. The number of aliphatic hydroxyl groups excluding tert-OH is 1. The van der Waals surface area contributed by atoms with Crippen LogP contribution in [0.5, 0.6) is 11.5 Å². The average molecular weight is 293 g/mol. The first-order valence-electron chi connectivity index (χ1n) is 7.30. The first kappa shape index (κ1) is 15.6. The summed E-state index contributed by atoms with van der Waals surface area (Å²) in [5.74, 6) is 1.53. The summed E-state index contributed by atoms with van der Waals surface area (Å²) in [6, 6.07) is 5.63. The Bertz CT molecular complexity index is 481. The number of methoxy groups -OCH3 is 1. The summed E-state index contributed by atoms with van der Waals surface area (Å²) in [6.07, 6.45) is 1.71. The van der Waals surface area contributed by atoms with Gasteiger partial charge in [0.2, 0.25) is 0 Å². The molecule has 1 N–H and O–H groups in total. The van der Waals surface area contributed by atoms with Crippen molar-refractivity contribution in [3.8, 4) is 11.5 Å². The van der Waals surface area contributed by atoms with Gasteiger partial charge in [-0.15, -0.1) is 0 Å². The fourth-order valence-corrected chi connectivity index (χ4v) is 2.49. The number of piperidine rings is 1. The number of aliphatic hydroxyl groups is 1. The van der Waals surface area contributed by atoms with Gasteiger partial charge in [-0.05, 0) is 43.4 Å². The summed E-state index contributed by atoms with van der Waals surface area (Å²) in [5.41, 5.74) is 1.08. The fraction of sp³-hybridized carbons (Fsp3) is 0.562. The SMILES string of the molecule is COc1cc(C)ccc1OCC(=O)N1CCC(CO)CC1. The van der Waals surface area contributed by atoms with Crippen LogP contribution in [0.3, 0.4) is 0 Å². The molecule has 5 heteroatoms. The summed E-state index contributed by atoms with van der Waals surface area (Å²) >= 11 is 0. The Morgan fingerprint density at radius 2 is 2.05 bits per heavy atom. The molecule has 1 aliphatic heterocycles. The van der Waals surface area contributed by atoms with Crippen molar-refractivity contribution in [1.82, 2.24) is 4.90 Å². The molecule has 1 saturated heterocycles. The van der Waals surface area contributed by atoms with Crippen molar-refractivity contribution in [3.05, 3.63) is 23.8 Å². The van der Waals surface area contributed by atoms with Crippen LogP contribution in [0.4, 0.5) is 0 Å². The third-order valence-corrected chi connectivity index (χ3v) is 3.90. The highest BCUT2D eigenvalue weighted by Crippen LogP contribution is 2.27. The second-order valence-corrected chi connectivity index (χ2v) is 5.45. The zero-order valence-electron chi connectivity index (χ0n) is 12.7. The van der Waals surface area contributed by atoms with E-state index in [4.69, 9.17) is 14.6 Å². The Kier molecular flexibility index (Phi) is 5.44. The minimum absolute atomic E-state index is 0.0171. The van der Waals surface area contributed by atoms with Gasteiger partial charge in [0.25, 0.3) is 5.91 Å². The smallest absolute Gasteiger partial charge is 0.260 e. The van der Waals surface area contributed by atoms with Crippen LogP contribution < -0.4 is 9.47 Å². The molecular formula is C16H23NO4. The molecule has 116 valence electrons. The van der Waals surface area contributed by atoms with E-state index in [-0.39, 0.29) is 19.1 Å². The van der Waals surface area contributed by atoms with Crippen LogP contribution in [0.25, 0.3) is 0 Å². The highest BCUT2D eigenvalue weighted by molar-refractivity contribution is 5.78. The molecule has 0 aromatic heterocycles. The first-order valence-corrected chi connectivity index (χ1v) is 7.30. The van der Waals surface area contributed by atoms with E-state index in [0.717, 1.165) is 18.4 Å². The minimum atomic E-state index is -0.0194.